The van der Waals surface area contributed by atoms with Crippen molar-refractivity contribution in [2.24, 2.45) is 0 Å². The third-order valence-corrected chi connectivity index (χ3v) is 2.72. The van der Waals surface area contributed by atoms with Crippen LogP contribution in [0.3, 0.4) is 0 Å². The number of nitrogens with zero attached hydrogens (tertiary/aromatic N) is 2. The Balaban J connectivity index is 2.11. The van der Waals surface area contributed by atoms with Gasteiger partial charge in [0.2, 0.25) is 5.95 Å². The minimum atomic E-state index is -0.966. The monoisotopic (exact) mass is 280 g/mol. The van der Waals surface area contributed by atoms with E-state index in [1.165, 1.54) is 24.1 Å². The van der Waals surface area contributed by atoms with Crippen LogP contribution in [0.1, 0.15) is 15.9 Å². The number of amides is 1. The molecule has 0 N–H and O–H groups in total. The maximum absolute atomic E-state index is 13.1. The standard InChI is InChI=1S/C14H11F3N2O/c1-19(8-9-2-4-11(15)12(16)6-9)14(20)10-3-5-13(17)18-7-10/h2-7H,8H2,1H3. The van der Waals surface area contributed by atoms with Crippen LogP contribution in [-0.4, -0.2) is 22.8 Å². The second-order valence-corrected chi connectivity index (χ2v) is 4.28. The molecule has 104 valence electrons. The quantitative estimate of drug-likeness (QED) is 0.810. The molecule has 0 aliphatic heterocycles. The van der Waals surface area contributed by atoms with Gasteiger partial charge in [0.05, 0.1) is 5.56 Å². The van der Waals surface area contributed by atoms with Crippen molar-refractivity contribution in [2.75, 3.05) is 7.05 Å². The summed E-state index contributed by atoms with van der Waals surface area (Å²) in [6.07, 6.45) is 1.12. The van der Waals surface area contributed by atoms with Crippen LogP contribution >= 0.6 is 0 Å². The molecule has 2 rings (SSSR count). The number of halogens is 3. The Morgan fingerprint density at radius 3 is 2.50 bits per heavy atom. The van der Waals surface area contributed by atoms with Gasteiger partial charge in [0.25, 0.3) is 5.91 Å². The molecule has 2 aromatic rings. The molecule has 20 heavy (non-hydrogen) atoms. The minimum Gasteiger partial charge on any atom is -0.337 e. The molecule has 0 spiro atoms. The summed E-state index contributed by atoms with van der Waals surface area (Å²) in [6.45, 7) is 0.105. The average Bonchev–Trinajstić information content (AvgIpc) is 2.43. The Kier molecular flexibility index (Phi) is 4.02. The van der Waals surface area contributed by atoms with Gasteiger partial charge in [0, 0.05) is 19.8 Å². The fraction of sp³-hybridized carbons (Fsp3) is 0.143. The molecular weight excluding hydrogens is 269 g/mol. The molecule has 0 unspecified atom stereocenters. The van der Waals surface area contributed by atoms with Crippen LogP contribution in [0.2, 0.25) is 0 Å². The molecule has 0 atom stereocenters. The molecule has 0 aliphatic rings. The highest BCUT2D eigenvalue weighted by molar-refractivity contribution is 5.93. The van der Waals surface area contributed by atoms with E-state index in [0.717, 1.165) is 24.4 Å². The molecule has 1 amide bonds. The molecule has 1 aromatic heterocycles. The van der Waals surface area contributed by atoms with Gasteiger partial charge in [-0.05, 0) is 29.8 Å². The first-order valence-electron chi connectivity index (χ1n) is 5.78. The predicted octanol–water partition coefficient (Wildman–Crippen LogP) is 2.77. The van der Waals surface area contributed by atoms with Gasteiger partial charge in [-0.25, -0.2) is 13.8 Å². The van der Waals surface area contributed by atoms with Crippen molar-refractivity contribution in [3.05, 3.63) is 65.2 Å². The van der Waals surface area contributed by atoms with Crippen LogP contribution in [-0.2, 0) is 6.54 Å². The molecule has 1 heterocycles. The highest BCUT2D eigenvalue weighted by atomic mass is 19.2. The summed E-state index contributed by atoms with van der Waals surface area (Å²) in [5.41, 5.74) is 0.673. The first kappa shape index (κ1) is 14.0. The first-order chi connectivity index (χ1) is 9.47. The summed E-state index contributed by atoms with van der Waals surface area (Å²) < 4.78 is 38.5. The summed E-state index contributed by atoms with van der Waals surface area (Å²) in [5.74, 6) is -2.97. The number of benzene rings is 1. The Morgan fingerprint density at radius 2 is 1.90 bits per heavy atom. The van der Waals surface area contributed by atoms with Crippen molar-refractivity contribution in [1.82, 2.24) is 9.88 Å². The van der Waals surface area contributed by atoms with Gasteiger partial charge in [-0.1, -0.05) is 6.07 Å². The van der Waals surface area contributed by atoms with E-state index < -0.39 is 17.6 Å². The van der Waals surface area contributed by atoms with E-state index in [0.29, 0.717) is 5.56 Å². The van der Waals surface area contributed by atoms with E-state index in [1.807, 2.05) is 0 Å². The van der Waals surface area contributed by atoms with Crippen LogP contribution < -0.4 is 0 Å². The Hall–Kier alpha value is -2.37. The molecule has 0 saturated heterocycles. The van der Waals surface area contributed by atoms with E-state index in [1.54, 1.807) is 0 Å². The fourth-order valence-electron chi connectivity index (χ4n) is 1.71. The number of carbonyl (C=O) groups excluding carboxylic acids is 1. The van der Waals surface area contributed by atoms with Crippen molar-refractivity contribution < 1.29 is 18.0 Å². The van der Waals surface area contributed by atoms with Gasteiger partial charge in [0.15, 0.2) is 11.6 Å². The summed E-state index contributed by atoms with van der Waals surface area (Å²) in [5, 5.41) is 0. The lowest BCUT2D eigenvalue weighted by Gasteiger charge is -2.17. The van der Waals surface area contributed by atoms with E-state index >= 15 is 0 Å². The maximum atomic E-state index is 13.1. The van der Waals surface area contributed by atoms with Crippen LogP contribution in [0.15, 0.2) is 36.5 Å². The van der Waals surface area contributed by atoms with Crippen molar-refractivity contribution in [1.29, 1.82) is 0 Å². The zero-order valence-corrected chi connectivity index (χ0v) is 10.6. The van der Waals surface area contributed by atoms with Gasteiger partial charge < -0.3 is 4.90 Å². The topological polar surface area (TPSA) is 33.2 Å². The van der Waals surface area contributed by atoms with Crippen molar-refractivity contribution >= 4 is 5.91 Å². The highest BCUT2D eigenvalue weighted by Crippen LogP contribution is 2.12. The molecule has 1 aromatic carbocycles. The van der Waals surface area contributed by atoms with Gasteiger partial charge >= 0.3 is 0 Å². The Labute approximate surface area is 113 Å². The first-order valence-corrected chi connectivity index (χ1v) is 5.78. The lowest BCUT2D eigenvalue weighted by Crippen LogP contribution is -2.26. The molecule has 0 saturated carbocycles. The zero-order valence-electron chi connectivity index (χ0n) is 10.6. The van der Waals surface area contributed by atoms with Crippen LogP contribution in [0.5, 0.6) is 0 Å². The number of carbonyl (C=O) groups is 1. The van der Waals surface area contributed by atoms with Crippen molar-refractivity contribution in [3.63, 3.8) is 0 Å². The van der Waals surface area contributed by atoms with Gasteiger partial charge in [-0.3, -0.25) is 4.79 Å². The molecular formula is C14H11F3N2O. The second kappa shape index (κ2) is 5.73. The van der Waals surface area contributed by atoms with E-state index in [4.69, 9.17) is 0 Å². The van der Waals surface area contributed by atoms with E-state index in [2.05, 4.69) is 4.98 Å². The summed E-state index contributed by atoms with van der Waals surface area (Å²) in [7, 11) is 1.51. The lowest BCUT2D eigenvalue weighted by atomic mass is 10.2. The molecule has 6 heteroatoms. The predicted molar refractivity (Wildman–Crippen MR) is 66.4 cm³/mol. The molecule has 0 aliphatic carbocycles. The molecule has 0 bridgehead atoms. The fourth-order valence-corrected chi connectivity index (χ4v) is 1.71. The third-order valence-electron chi connectivity index (χ3n) is 2.72. The minimum absolute atomic E-state index is 0.105. The third kappa shape index (κ3) is 3.14. The van der Waals surface area contributed by atoms with Crippen LogP contribution in [0.4, 0.5) is 13.2 Å². The summed E-state index contributed by atoms with van der Waals surface area (Å²) in [6, 6.07) is 5.82. The normalized spacial score (nSPS) is 10.4. The number of aromatic nitrogens is 1. The number of hydrogen-bond acceptors (Lipinski definition) is 2. The summed E-state index contributed by atoms with van der Waals surface area (Å²) >= 11 is 0. The van der Waals surface area contributed by atoms with E-state index in [-0.39, 0.29) is 18.0 Å². The maximum Gasteiger partial charge on any atom is 0.255 e. The average molecular weight is 280 g/mol. The smallest absolute Gasteiger partial charge is 0.255 e. The van der Waals surface area contributed by atoms with Crippen LogP contribution in [0.25, 0.3) is 0 Å². The van der Waals surface area contributed by atoms with Gasteiger partial charge in [0.1, 0.15) is 0 Å². The van der Waals surface area contributed by atoms with E-state index in [9.17, 15) is 18.0 Å². The van der Waals surface area contributed by atoms with Crippen LogP contribution in [0, 0.1) is 17.6 Å². The number of hydrogen-bond donors (Lipinski definition) is 0. The Morgan fingerprint density at radius 1 is 1.15 bits per heavy atom. The van der Waals surface area contributed by atoms with Gasteiger partial charge in [-0.15, -0.1) is 0 Å². The number of pyridine rings is 1. The zero-order chi connectivity index (χ0) is 14.7. The van der Waals surface area contributed by atoms with Gasteiger partial charge in [-0.2, -0.15) is 4.39 Å². The molecule has 0 fully saturated rings. The molecule has 0 radical (unpaired) electrons. The largest absolute Gasteiger partial charge is 0.337 e. The second-order valence-electron chi connectivity index (χ2n) is 4.28. The molecule has 3 nitrogen and oxygen atoms in total. The van der Waals surface area contributed by atoms with Crippen molar-refractivity contribution in [3.8, 4) is 0 Å². The SMILES string of the molecule is CN(Cc1ccc(F)c(F)c1)C(=O)c1ccc(F)nc1. The summed E-state index contributed by atoms with van der Waals surface area (Å²) in [4.78, 5) is 16.7. The lowest BCUT2D eigenvalue weighted by molar-refractivity contribution is 0.0784. The van der Waals surface area contributed by atoms with Crippen molar-refractivity contribution in [2.45, 2.75) is 6.54 Å². The Bertz CT molecular complexity index is 629. The number of rotatable bonds is 3. The highest BCUT2D eigenvalue weighted by Gasteiger charge is 2.13.